The van der Waals surface area contributed by atoms with Crippen molar-refractivity contribution >= 4 is 10.2 Å². The molecule has 0 spiro atoms. The minimum absolute atomic E-state index is 0.464. The molecule has 1 unspecified atom stereocenters. The Balaban J connectivity index is 1.55. The molecule has 0 bridgehead atoms. The summed E-state index contributed by atoms with van der Waals surface area (Å²) in [6, 6.07) is 4.02. The smallest absolute Gasteiger partial charge is 0.282 e. The van der Waals surface area contributed by atoms with Crippen LogP contribution in [0.5, 0.6) is 0 Å². The van der Waals surface area contributed by atoms with Crippen molar-refractivity contribution in [1.29, 1.82) is 0 Å². The monoisotopic (exact) mass is 338 g/mol. The number of aromatic nitrogens is 1. The predicted molar refractivity (Wildman–Crippen MR) is 90.0 cm³/mol. The van der Waals surface area contributed by atoms with E-state index in [2.05, 4.69) is 16.8 Å². The molecule has 3 rings (SSSR count). The number of piperidine rings is 1. The van der Waals surface area contributed by atoms with Crippen molar-refractivity contribution < 1.29 is 8.42 Å². The van der Waals surface area contributed by atoms with Gasteiger partial charge in [-0.2, -0.15) is 17.0 Å². The van der Waals surface area contributed by atoms with Crippen LogP contribution in [0.2, 0.25) is 0 Å². The first-order valence-electron chi connectivity index (χ1n) is 8.42. The largest absolute Gasteiger partial charge is 0.296 e. The molecular formula is C16H26N4O2S. The van der Waals surface area contributed by atoms with E-state index in [0.717, 1.165) is 32.5 Å². The van der Waals surface area contributed by atoms with E-state index in [1.54, 1.807) is 21.0 Å². The average Bonchev–Trinajstić information content (AvgIpc) is 2.56. The highest BCUT2D eigenvalue weighted by Gasteiger charge is 2.34. The van der Waals surface area contributed by atoms with E-state index in [9.17, 15) is 8.42 Å². The van der Waals surface area contributed by atoms with Crippen LogP contribution >= 0.6 is 0 Å². The maximum absolute atomic E-state index is 12.8. The predicted octanol–water partition coefficient (Wildman–Crippen LogP) is 1.18. The van der Waals surface area contributed by atoms with Gasteiger partial charge in [0.25, 0.3) is 10.2 Å². The van der Waals surface area contributed by atoms with E-state index >= 15 is 0 Å². The summed E-state index contributed by atoms with van der Waals surface area (Å²) in [5.41, 5.74) is 1.22. The summed E-state index contributed by atoms with van der Waals surface area (Å²) in [5, 5.41) is 0. The summed E-state index contributed by atoms with van der Waals surface area (Å²) in [6.07, 6.45) is 5.70. The molecule has 128 valence electrons. The van der Waals surface area contributed by atoms with Crippen LogP contribution in [-0.4, -0.2) is 66.2 Å². The van der Waals surface area contributed by atoms with Gasteiger partial charge in [-0.15, -0.1) is 0 Å². The Morgan fingerprint density at radius 2 is 1.78 bits per heavy atom. The fourth-order valence-corrected chi connectivity index (χ4v) is 5.14. The van der Waals surface area contributed by atoms with Gasteiger partial charge in [0, 0.05) is 58.2 Å². The molecule has 1 aromatic rings. The Hall–Kier alpha value is -1.02. The van der Waals surface area contributed by atoms with Crippen molar-refractivity contribution in [3.63, 3.8) is 0 Å². The third kappa shape index (κ3) is 4.09. The Morgan fingerprint density at radius 1 is 1.09 bits per heavy atom. The number of rotatable bonds is 4. The summed E-state index contributed by atoms with van der Waals surface area (Å²) in [5.74, 6) is 0.464. The van der Waals surface area contributed by atoms with Crippen LogP contribution in [0.1, 0.15) is 25.3 Å². The van der Waals surface area contributed by atoms with Crippen LogP contribution in [0, 0.1) is 5.92 Å². The van der Waals surface area contributed by atoms with E-state index in [-0.39, 0.29) is 0 Å². The van der Waals surface area contributed by atoms with Gasteiger partial charge in [-0.25, -0.2) is 0 Å². The molecule has 3 heterocycles. The van der Waals surface area contributed by atoms with Crippen molar-refractivity contribution in [3.05, 3.63) is 30.1 Å². The van der Waals surface area contributed by atoms with Crippen molar-refractivity contribution in [3.8, 4) is 0 Å². The van der Waals surface area contributed by atoms with Crippen molar-refractivity contribution in [2.24, 2.45) is 5.92 Å². The number of hydrogen-bond acceptors (Lipinski definition) is 4. The van der Waals surface area contributed by atoms with Crippen LogP contribution in [-0.2, 0) is 16.8 Å². The van der Waals surface area contributed by atoms with Crippen LogP contribution in [0.25, 0.3) is 0 Å². The summed E-state index contributed by atoms with van der Waals surface area (Å²) < 4.78 is 28.9. The Morgan fingerprint density at radius 3 is 2.43 bits per heavy atom. The second-order valence-corrected chi connectivity index (χ2v) is 8.57. The molecule has 1 aromatic heterocycles. The third-order valence-electron chi connectivity index (χ3n) is 4.76. The van der Waals surface area contributed by atoms with Gasteiger partial charge in [0.1, 0.15) is 0 Å². The first kappa shape index (κ1) is 16.8. The first-order chi connectivity index (χ1) is 11.1. The van der Waals surface area contributed by atoms with Gasteiger partial charge in [-0.3, -0.25) is 9.88 Å². The summed E-state index contributed by atoms with van der Waals surface area (Å²) >= 11 is 0. The molecule has 2 aliphatic heterocycles. The lowest BCUT2D eigenvalue weighted by Gasteiger charge is -2.38. The number of hydrogen-bond donors (Lipinski definition) is 0. The second-order valence-electron chi connectivity index (χ2n) is 6.64. The molecule has 0 N–H and O–H groups in total. The second kappa shape index (κ2) is 7.25. The van der Waals surface area contributed by atoms with Gasteiger partial charge in [0.15, 0.2) is 0 Å². The number of piperazine rings is 1. The average molecular weight is 338 g/mol. The summed E-state index contributed by atoms with van der Waals surface area (Å²) in [6.45, 7) is 7.06. The molecule has 0 amide bonds. The maximum atomic E-state index is 12.8. The topological polar surface area (TPSA) is 56.8 Å². The minimum Gasteiger partial charge on any atom is -0.296 e. The highest BCUT2D eigenvalue weighted by Crippen LogP contribution is 2.21. The molecule has 6 nitrogen and oxygen atoms in total. The molecule has 1 atom stereocenters. The molecule has 2 saturated heterocycles. The molecule has 0 aromatic carbocycles. The zero-order valence-corrected chi connectivity index (χ0v) is 14.6. The molecular weight excluding hydrogens is 312 g/mol. The highest BCUT2D eigenvalue weighted by molar-refractivity contribution is 7.86. The van der Waals surface area contributed by atoms with Gasteiger partial charge >= 0.3 is 0 Å². The zero-order valence-electron chi connectivity index (χ0n) is 13.8. The van der Waals surface area contributed by atoms with E-state index in [0.29, 0.717) is 32.1 Å². The van der Waals surface area contributed by atoms with E-state index in [1.165, 1.54) is 5.56 Å². The van der Waals surface area contributed by atoms with Crippen molar-refractivity contribution in [2.45, 2.75) is 26.3 Å². The SMILES string of the molecule is CC1CCCN(S(=O)(=O)N2CCN(Cc3ccncc3)CC2)C1. The maximum Gasteiger partial charge on any atom is 0.282 e. The van der Waals surface area contributed by atoms with E-state index < -0.39 is 10.2 Å². The van der Waals surface area contributed by atoms with Gasteiger partial charge in [-0.1, -0.05) is 6.92 Å². The van der Waals surface area contributed by atoms with E-state index in [1.807, 2.05) is 12.1 Å². The summed E-state index contributed by atoms with van der Waals surface area (Å²) in [7, 11) is -3.28. The molecule has 23 heavy (non-hydrogen) atoms. The van der Waals surface area contributed by atoms with Crippen LogP contribution < -0.4 is 0 Å². The minimum atomic E-state index is -3.28. The van der Waals surface area contributed by atoms with Crippen LogP contribution in [0.15, 0.2) is 24.5 Å². The lowest BCUT2D eigenvalue weighted by Crippen LogP contribution is -2.54. The normalized spacial score (nSPS) is 25.5. The molecule has 2 fully saturated rings. The third-order valence-corrected chi connectivity index (χ3v) is 6.76. The fourth-order valence-electron chi connectivity index (χ4n) is 3.38. The molecule has 2 aliphatic rings. The highest BCUT2D eigenvalue weighted by atomic mass is 32.2. The lowest BCUT2D eigenvalue weighted by atomic mass is 10.0. The number of pyridine rings is 1. The Labute approximate surface area is 139 Å². The zero-order chi connectivity index (χ0) is 16.3. The van der Waals surface area contributed by atoms with Gasteiger partial charge in [0.2, 0.25) is 0 Å². The number of nitrogens with zero attached hydrogens (tertiary/aromatic N) is 4. The van der Waals surface area contributed by atoms with Crippen LogP contribution in [0.4, 0.5) is 0 Å². The lowest BCUT2D eigenvalue weighted by molar-refractivity contribution is 0.169. The van der Waals surface area contributed by atoms with Gasteiger partial charge in [-0.05, 0) is 36.5 Å². The Kier molecular flexibility index (Phi) is 5.31. The molecule has 0 saturated carbocycles. The molecule has 7 heteroatoms. The summed E-state index contributed by atoms with van der Waals surface area (Å²) in [4.78, 5) is 6.33. The van der Waals surface area contributed by atoms with Crippen molar-refractivity contribution in [2.75, 3.05) is 39.3 Å². The van der Waals surface area contributed by atoms with Crippen LogP contribution in [0.3, 0.4) is 0 Å². The van der Waals surface area contributed by atoms with E-state index in [4.69, 9.17) is 0 Å². The molecule has 0 radical (unpaired) electrons. The van der Waals surface area contributed by atoms with Gasteiger partial charge in [0.05, 0.1) is 0 Å². The standard InChI is InChI=1S/C16H26N4O2S/c1-15-3-2-8-20(13-15)23(21,22)19-11-9-18(10-12-19)14-16-4-6-17-7-5-16/h4-7,15H,2-3,8-14H2,1H3. The fraction of sp³-hybridized carbons (Fsp3) is 0.688. The van der Waals surface area contributed by atoms with Crippen molar-refractivity contribution in [1.82, 2.24) is 18.5 Å². The Bertz CT molecular complexity index is 600. The molecule has 0 aliphatic carbocycles. The first-order valence-corrected chi connectivity index (χ1v) is 9.82. The van der Waals surface area contributed by atoms with Gasteiger partial charge < -0.3 is 0 Å². The quantitative estimate of drug-likeness (QED) is 0.827.